The smallest absolute Gasteiger partial charge is 0.339 e. The van der Waals surface area contributed by atoms with Crippen LogP contribution in [0, 0.1) is 0 Å². The predicted molar refractivity (Wildman–Crippen MR) is 115 cm³/mol. The SMILES string of the molecule is COC(=O)c1ccc(CNOOSC)cc1S(=O)(=O)NC(=O)Nc1nc(OC)cc(OC)n1. The molecule has 0 bridgehead atoms. The number of anilines is 1. The zero-order valence-corrected chi connectivity index (χ0v) is 19.5. The first-order chi connectivity index (χ1) is 15.7. The molecule has 1 heterocycles. The predicted octanol–water partition coefficient (Wildman–Crippen LogP) is 1.02. The number of carbonyl (C=O) groups excluding carboxylic acids is 2. The molecule has 1 aromatic heterocycles. The molecule has 3 N–H and O–H groups in total. The average molecular weight is 504 g/mol. The van der Waals surface area contributed by atoms with Crippen molar-refractivity contribution in [2.24, 2.45) is 0 Å². The number of carbonyl (C=O) groups is 2. The number of hydrogen-bond acceptors (Lipinski definition) is 13. The van der Waals surface area contributed by atoms with Crippen LogP contribution in [0.1, 0.15) is 15.9 Å². The summed E-state index contributed by atoms with van der Waals surface area (Å²) in [6.45, 7) is 0.0220. The number of nitrogens with one attached hydrogen (secondary N) is 3. The lowest BCUT2D eigenvalue weighted by Gasteiger charge is -2.13. The van der Waals surface area contributed by atoms with E-state index in [0.29, 0.717) is 5.56 Å². The van der Waals surface area contributed by atoms with E-state index in [1.807, 2.05) is 0 Å². The van der Waals surface area contributed by atoms with E-state index >= 15 is 0 Å². The van der Waals surface area contributed by atoms with Crippen LogP contribution in [0.4, 0.5) is 10.7 Å². The quantitative estimate of drug-likeness (QED) is 0.130. The maximum absolute atomic E-state index is 12.9. The van der Waals surface area contributed by atoms with Crippen LogP contribution in [-0.4, -0.2) is 58.0 Å². The molecule has 0 atom stereocenters. The summed E-state index contributed by atoms with van der Waals surface area (Å²) in [6, 6.07) is 4.04. The molecule has 1 aromatic carbocycles. The molecule has 0 fully saturated rings. The minimum atomic E-state index is -4.54. The number of rotatable bonds is 11. The molecule has 0 saturated heterocycles. The van der Waals surface area contributed by atoms with Gasteiger partial charge >= 0.3 is 12.0 Å². The van der Waals surface area contributed by atoms with Crippen LogP contribution in [0.15, 0.2) is 29.2 Å². The van der Waals surface area contributed by atoms with Gasteiger partial charge in [-0.2, -0.15) is 15.4 Å². The van der Waals surface area contributed by atoms with Gasteiger partial charge in [-0.25, -0.2) is 22.7 Å². The monoisotopic (exact) mass is 503 g/mol. The Morgan fingerprint density at radius 1 is 1.06 bits per heavy atom. The number of amides is 2. The third-order valence-electron chi connectivity index (χ3n) is 3.73. The van der Waals surface area contributed by atoms with Crippen molar-refractivity contribution < 1.29 is 41.5 Å². The Morgan fingerprint density at radius 2 is 1.73 bits per heavy atom. The number of urea groups is 1. The van der Waals surface area contributed by atoms with Crippen molar-refractivity contribution in [3.8, 4) is 11.8 Å². The van der Waals surface area contributed by atoms with E-state index in [1.165, 1.54) is 38.5 Å². The van der Waals surface area contributed by atoms with Crippen molar-refractivity contribution in [2.45, 2.75) is 11.4 Å². The summed E-state index contributed by atoms with van der Waals surface area (Å²) in [7, 11) is -0.771. The first-order valence-corrected chi connectivity index (χ1v) is 11.5. The highest BCUT2D eigenvalue weighted by molar-refractivity contribution is 7.93. The number of sulfonamides is 1. The fourth-order valence-electron chi connectivity index (χ4n) is 2.32. The van der Waals surface area contributed by atoms with E-state index in [1.54, 1.807) is 11.0 Å². The highest BCUT2D eigenvalue weighted by atomic mass is 32.2. The maximum Gasteiger partial charge on any atom is 0.339 e. The second kappa shape index (κ2) is 12.2. The van der Waals surface area contributed by atoms with Crippen LogP contribution in [0.2, 0.25) is 0 Å². The molecule has 2 aromatic rings. The Labute approximate surface area is 193 Å². The Bertz CT molecular complexity index is 1080. The minimum absolute atomic E-state index is 0.0220. The van der Waals surface area contributed by atoms with Crippen molar-refractivity contribution in [2.75, 3.05) is 32.9 Å². The van der Waals surface area contributed by atoms with Crippen molar-refractivity contribution >= 4 is 40.0 Å². The lowest BCUT2D eigenvalue weighted by atomic mass is 10.1. The van der Waals surface area contributed by atoms with Gasteiger partial charge in [0, 0.05) is 24.8 Å². The van der Waals surface area contributed by atoms with E-state index in [9.17, 15) is 18.0 Å². The first kappa shape index (κ1) is 26.1. The van der Waals surface area contributed by atoms with Gasteiger partial charge in [0.25, 0.3) is 10.0 Å². The van der Waals surface area contributed by atoms with Gasteiger partial charge in [0.05, 0.1) is 33.0 Å². The normalized spacial score (nSPS) is 10.9. The molecule has 0 saturated carbocycles. The Hall–Kier alpha value is -3.18. The summed E-state index contributed by atoms with van der Waals surface area (Å²) in [5.74, 6) is -1.06. The van der Waals surface area contributed by atoms with Crippen LogP contribution in [0.25, 0.3) is 0 Å². The summed E-state index contributed by atoms with van der Waals surface area (Å²) >= 11 is 0.943. The number of methoxy groups -OCH3 is 3. The van der Waals surface area contributed by atoms with Crippen LogP contribution >= 0.6 is 12.0 Å². The number of esters is 1. The molecule has 14 nitrogen and oxygen atoms in total. The molecule has 180 valence electrons. The lowest BCUT2D eigenvalue weighted by molar-refractivity contribution is -0.246. The lowest BCUT2D eigenvalue weighted by Crippen LogP contribution is -2.35. The largest absolute Gasteiger partial charge is 0.481 e. The second-order valence-corrected chi connectivity index (χ2v) is 7.92. The maximum atomic E-state index is 12.9. The molecule has 0 aliphatic heterocycles. The van der Waals surface area contributed by atoms with E-state index in [4.69, 9.17) is 9.47 Å². The Balaban J connectivity index is 2.27. The number of hydroxylamine groups is 1. The molecule has 0 unspecified atom stereocenters. The summed E-state index contributed by atoms with van der Waals surface area (Å²) in [5, 5.41) is 2.16. The fraction of sp³-hybridized carbons (Fsp3) is 0.294. The molecule has 33 heavy (non-hydrogen) atoms. The van der Waals surface area contributed by atoms with Crippen LogP contribution < -0.4 is 25.0 Å². The van der Waals surface area contributed by atoms with Crippen molar-refractivity contribution in [3.05, 3.63) is 35.4 Å². The molecule has 16 heteroatoms. The molecule has 0 aliphatic rings. The molecule has 0 spiro atoms. The van der Waals surface area contributed by atoms with Crippen molar-refractivity contribution in [1.29, 1.82) is 0 Å². The van der Waals surface area contributed by atoms with Gasteiger partial charge in [-0.15, -0.1) is 9.32 Å². The minimum Gasteiger partial charge on any atom is -0.481 e. The average Bonchev–Trinajstić information content (AvgIpc) is 2.80. The van der Waals surface area contributed by atoms with E-state index in [-0.39, 0.29) is 29.8 Å². The van der Waals surface area contributed by atoms with Crippen LogP contribution in [0.5, 0.6) is 11.8 Å². The third kappa shape index (κ3) is 7.43. The fourth-order valence-corrected chi connectivity index (χ4v) is 3.59. The highest BCUT2D eigenvalue weighted by Crippen LogP contribution is 2.20. The summed E-state index contributed by atoms with van der Waals surface area (Å²) < 4.78 is 46.7. The number of nitrogens with zero attached hydrogens (tertiary/aromatic N) is 2. The highest BCUT2D eigenvalue weighted by Gasteiger charge is 2.26. The molecular weight excluding hydrogens is 482 g/mol. The first-order valence-electron chi connectivity index (χ1n) is 8.85. The molecule has 0 radical (unpaired) electrons. The number of benzene rings is 1. The topological polar surface area (TPSA) is 176 Å². The van der Waals surface area contributed by atoms with E-state index < -0.39 is 26.9 Å². The number of hydrogen-bond donors (Lipinski definition) is 3. The van der Waals surface area contributed by atoms with Crippen molar-refractivity contribution in [3.63, 3.8) is 0 Å². The second-order valence-electron chi connectivity index (χ2n) is 5.80. The summed E-state index contributed by atoms with van der Waals surface area (Å²) in [4.78, 5) is 36.3. The molecule has 2 amide bonds. The number of aromatic nitrogens is 2. The van der Waals surface area contributed by atoms with Crippen molar-refractivity contribution in [1.82, 2.24) is 20.2 Å². The van der Waals surface area contributed by atoms with Gasteiger partial charge in [0.1, 0.15) is 4.90 Å². The standard InChI is InChI=1S/C17H21N5O9S2/c1-27-13-8-14(28-2)20-16(19-13)21-17(24)22-33(25,26)12-7-10(9-18-30-31-32-4)5-6-11(12)15(23)29-3/h5-8,18H,9H2,1-4H3,(H2,19,20,21,22,24). The summed E-state index contributed by atoms with van der Waals surface area (Å²) in [6.07, 6.45) is 1.63. The van der Waals surface area contributed by atoms with E-state index in [2.05, 4.69) is 34.8 Å². The Kier molecular flexibility index (Phi) is 9.61. The molecular formula is C17H21N5O9S2. The zero-order chi connectivity index (χ0) is 24.4. The van der Waals surface area contributed by atoms with E-state index in [0.717, 1.165) is 19.2 Å². The van der Waals surface area contributed by atoms with Gasteiger partial charge < -0.3 is 14.2 Å². The van der Waals surface area contributed by atoms with Crippen LogP contribution in [0.3, 0.4) is 0 Å². The van der Waals surface area contributed by atoms with Gasteiger partial charge in [-0.3, -0.25) is 5.32 Å². The van der Waals surface area contributed by atoms with Gasteiger partial charge in [-0.05, 0) is 17.7 Å². The molecule has 2 rings (SSSR count). The Morgan fingerprint density at radius 3 is 2.30 bits per heavy atom. The van der Waals surface area contributed by atoms with Gasteiger partial charge in [0.15, 0.2) is 0 Å². The van der Waals surface area contributed by atoms with Gasteiger partial charge in [0.2, 0.25) is 17.7 Å². The number of ether oxygens (including phenoxy) is 3. The molecule has 0 aliphatic carbocycles. The zero-order valence-electron chi connectivity index (χ0n) is 17.9. The third-order valence-corrected chi connectivity index (χ3v) is 5.30. The van der Waals surface area contributed by atoms with Gasteiger partial charge in [-0.1, -0.05) is 6.07 Å². The van der Waals surface area contributed by atoms with Crippen LogP contribution in [-0.2, 0) is 30.6 Å². The summed E-state index contributed by atoms with van der Waals surface area (Å²) in [5.41, 5.74) is 2.55.